The first-order valence-electron chi connectivity index (χ1n) is 25.8. The molecule has 378 valence electrons. The molecule has 2 aliphatic rings. The van der Waals surface area contributed by atoms with Gasteiger partial charge in [0.15, 0.2) is 12.6 Å². The standard InChI is InChI=1S/C50H94O14/c1-3-5-7-9-11-12-13-14-15-16-17-18-19-20-21-22-23-24-25-26-27-29-31-33-42(52)62-39(36-59-34-32-30-28-10-8-6-4-2)37-60-49-48(58)46(56)44(54)41(64-49)38-61-50-47(57)45(55)43(53)40(35-51)63-50/h16-17,39-41,43-51,53-58H,3-15,18-38H2,1-2H3/b17-16-. The van der Waals surface area contributed by atoms with E-state index >= 15 is 0 Å². The normalized spacial score (nSPS) is 26.8. The predicted molar refractivity (Wildman–Crippen MR) is 247 cm³/mol. The van der Waals surface area contributed by atoms with Gasteiger partial charge in [0.25, 0.3) is 0 Å². The van der Waals surface area contributed by atoms with Crippen LogP contribution >= 0.6 is 0 Å². The van der Waals surface area contributed by atoms with Crippen LogP contribution in [0.25, 0.3) is 0 Å². The maximum Gasteiger partial charge on any atom is 0.306 e. The van der Waals surface area contributed by atoms with Crippen molar-refractivity contribution in [2.45, 2.75) is 268 Å². The molecule has 14 nitrogen and oxygen atoms in total. The van der Waals surface area contributed by atoms with Gasteiger partial charge in [0, 0.05) is 13.0 Å². The quantitative estimate of drug-likeness (QED) is 0.0180. The predicted octanol–water partition coefficient (Wildman–Crippen LogP) is 7.46. The molecule has 0 aromatic rings. The van der Waals surface area contributed by atoms with Crippen molar-refractivity contribution in [1.82, 2.24) is 0 Å². The summed E-state index contributed by atoms with van der Waals surface area (Å²) in [4.78, 5) is 13.0. The Bertz CT molecular complexity index is 1110. The molecule has 2 saturated heterocycles. The lowest BCUT2D eigenvalue weighted by Gasteiger charge is -2.42. The number of aliphatic hydroxyl groups excluding tert-OH is 7. The lowest BCUT2D eigenvalue weighted by molar-refractivity contribution is -0.332. The van der Waals surface area contributed by atoms with Gasteiger partial charge in [-0.25, -0.2) is 0 Å². The summed E-state index contributed by atoms with van der Waals surface area (Å²) < 4.78 is 34.1. The van der Waals surface area contributed by atoms with E-state index in [0.29, 0.717) is 13.0 Å². The van der Waals surface area contributed by atoms with Crippen LogP contribution in [0.1, 0.15) is 200 Å². The van der Waals surface area contributed by atoms with E-state index in [1.54, 1.807) is 0 Å². The molecule has 64 heavy (non-hydrogen) atoms. The minimum Gasteiger partial charge on any atom is -0.457 e. The molecule has 0 saturated carbocycles. The summed E-state index contributed by atoms with van der Waals surface area (Å²) in [6.07, 6.45) is 23.1. The van der Waals surface area contributed by atoms with E-state index in [-0.39, 0.29) is 25.6 Å². The Morgan fingerprint density at radius 3 is 1.42 bits per heavy atom. The number of rotatable bonds is 41. The second-order valence-electron chi connectivity index (χ2n) is 18.3. The van der Waals surface area contributed by atoms with Gasteiger partial charge in [-0.1, -0.05) is 167 Å². The number of unbranched alkanes of at least 4 members (excludes halogenated alkanes) is 25. The molecular formula is C50H94O14. The molecule has 0 bridgehead atoms. The number of carbonyl (C=O) groups excluding carboxylic acids is 1. The third-order valence-electron chi connectivity index (χ3n) is 12.5. The Balaban J connectivity index is 1.67. The molecule has 0 amide bonds. The molecule has 11 atom stereocenters. The molecule has 0 spiro atoms. The zero-order valence-electron chi connectivity index (χ0n) is 40.0. The van der Waals surface area contributed by atoms with Crippen LogP contribution in [0.5, 0.6) is 0 Å². The summed E-state index contributed by atoms with van der Waals surface area (Å²) in [6, 6.07) is 0. The lowest BCUT2D eigenvalue weighted by Crippen LogP contribution is -2.61. The van der Waals surface area contributed by atoms with Gasteiger partial charge in [-0.3, -0.25) is 4.79 Å². The summed E-state index contributed by atoms with van der Waals surface area (Å²) in [6.45, 7) is 3.67. The molecule has 7 N–H and O–H groups in total. The number of aliphatic hydroxyl groups is 7. The minimum atomic E-state index is -1.70. The third-order valence-corrected chi connectivity index (χ3v) is 12.5. The van der Waals surface area contributed by atoms with Crippen LogP contribution < -0.4 is 0 Å². The maximum atomic E-state index is 13.0. The van der Waals surface area contributed by atoms with Gasteiger partial charge in [-0.05, 0) is 38.5 Å². The van der Waals surface area contributed by atoms with E-state index in [0.717, 1.165) is 38.5 Å². The van der Waals surface area contributed by atoms with Crippen molar-refractivity contribution in [3.8, 4) is 0 Å². The van der Waals surface area contributed by atoms with Crippen molar-refractivity contribution < 1.29 is 69.0 Å². The molecule has 2 aliphatic heterocycles. The van der Waals surface area contributed by atoms with Crippen LogP contribution in [0, 0.1) is 0 Å². The van der Waals surface area contributed by atoms with Crippen LogP contribution in [-0.2, 0) is 33.2 Å². The van der Waals surface area contributed by atoms with E-state index in [4.69, 9.17) is 28.4 Å². The fraction of sp³-hybridized carbons (Fsp3) is 0.940. The van der Waals surface area contributed by atoms with Crippen molar-refractivity contribution in [2.24, 2.45) is 0 Å². The van der Waals surface area contributed by atoms with Crippen molar-refractivity contribution in [1.29, 1.82) is 0 Å². The van der Waals surface area contributed by atoms with Crippen LogP contribution in [0.15, 0.2) is 12.2 Å². The maximum absolute atomic E-state index is 13.0. The average molecular weight is 919 g/mol. The van der Waals surface area contributed by atoms with E-state index < -0.39 is 80.7 Å². The van der Waals surface area contributed by atoms with Crippen LogP contribution in [-0.4, -0.2) is 142 Å². The minimum absolute atomic E-state index is 0.0651. The van der Waals surface area contributed by atoms with Gasteiger partial charge >= 0.3 is 5.97 Å². The Morgan fingerprint density at radius 2 is 0.922 bits per heavy atom. The Hall–Kier alpha value is -1.27. The molecule has 2 rings (SSSR count). The second kappa shape index (κ2) is 38.7. The first kappa shape index (κ1) is 58.9. The topological polar surface area (TPSA) is 214 Å². The zero-order valence-corrected chi connectivity index (χ0v) is 40.0. The number of esters is 1. The lowest BCUT2D eigenvalue weighted by atomic mass is 9.98. The Morgan fingerprint density at radius 1 is 0.500 bits per heavy atom. The van der Waals surface area contributed by atoms with Crippen molar-refractivity contribution >= 4 is 5.97 Å². The summed E-state index contributed by atoms with van der Waals surface area (Å²) in [7, 11) is 0. The number of carbonyl (C=O) groups is 1. The van der Waals surface area contributed by atoms with Crippen molar-refractivity contribution in [2.75, 3.05) is 33.0 Å². The summed E-state index contributed by atoms with van der Waals surface area (Å²) in [5, 5.41) is 71.9. The molecule has 0 aliphatic carbocycles. The fourth-order valence-electron chi connectivity index (χ4n) is 8.28. The van der Waals surface area contributed by atoms with Gasteiger partial charge in [-0.2, -0.15) is 0 Å². The van der Waals surface area contributed by atoms with Gasteiger partial charge in [0.1, 0.15) is 54.9 Å². The van der Waals surface area contributed by atoms with Crippen LogP contribution in [0.4, 0.5) is 0 Å². The molecule has 11 unspecified atom stereocenters. The summed E-state index contributed by atoms with van der Waals surface area (Å²) in [5.74, 6) is -0.376. The molecule has 0 aromatic carbocycles. The van der Waals surface area contributed by atoms with Crippen molar-refractivity contribution in [3.63, 3.8) is 0 Å². The first-order chi connectivity index (χ1) is 31.1. The number of hydrogen-bond acceptors (Lipinski definition) is 14. The zero-order chi connectivity index (χ0) is 46.6. The van der Waals surface area contributed by atoms with Crippen molar-refractivity contribution in [3.05, 3.63) is 12.2 Å². The van der Waals surface area contributed by atoms with E-state index in [1.165, 1.54) is 135 Å². The van der Waals surface area contributed by atoms with Gasteiger partial charge in [0.2, 0.25) is 0 Å². The smallest absolute Gasteiger partial charge is 0.306 e. The van der Waals surface area contributed by atoms with Crippen LogP contribution in [0.3, 0.4) is 0 Å². The molecular weight excluding hydrogens is 825 g/mol. The highest BCUT2D eigenvalue weighted by atomic mass is 16.7. The molecule has 2 fully saturated rings. The molecule has 0 radical (unpaired) electrons. The average Bonchev–Trinajstić information content (AvgIpc) is 3.29. The fourth-order valence-corrected chi connectivity index (χ4v) is 8.28. The summed E-state index contributed by atoms with van der Waals surface area (Å²) >= 11 is 0. The van der Waals surface area contributed by atoms with E-state index in [9.17, 15) is 40.5 Å². The van der Waals surface area contributed by atoms with Crippen LogP contribution in [0.2, 0.25) is 0 Å². The van der Waals surface area contributed by atoms with Gasteiger partial charge < -0.3 is 64.2 Å². The highest BCUT2D eigenvalue weighted by molar-refractivity contribution is 5.69. The first-order valence-corrected chi connectivity index (χ1v) is 25.8. The second-order valence-corrected chi connectivity index (χ2v) is 18.3. The van der Waals surface area contributed by atoms with Gasteiger partial charge in [0.05, 0.1) is 26.4 Å². The molecule has 0 aromatic heterocycles. The number of ether oxygens (including phenoxy) is 6. The third kappa shape index (κ3) is 26.3. The largest absolute Gasteiger partial charge is 0.457 e. The van der Waals surface area contributed by atoms with E-state index in [1.807, 2.05) is 0 Å². The highest BCUT2D eigenvalue weighted by Crippen LogP contribution is 2.26. The highest BCUT2D eigenvalue weighted by Gasteiger charge is 2.47. The SMILES string of the molecule is CCCCCCCCCC/C=C\CCCCCCCCCCCCCC(=O)OC(COCCCCCCCCC)COC1OC(COC2OC(CO)C(O)C(O)C2O)C(O)C(O)C1O. The van der Waals surface area contributed by atoms with E-state index in [2.05, 4.69) is 26.0 Å². The Labute approximate surface area is 386 Å². The summed E-state index contributed by atoms with van der Waals surface area (Å²) in [5.41, 5.74) is 0. The number of hydrogen-bond donors (Lipinski definition) is 7. The Kier molecular flexibility index (Phi) is 35.6. The molecule has 2 heterocycles. The molecule has 14 heteroatoms. The monoisotopic (exact) mass is 919 g/mol. The van der Waals surface area contributed by atoms with Gasteiger partial charge in [-0.15, -0.1) is 0 Å². The number of allylic oxidation sites excluding steroid dienone is 2.